The van der Waals surface area contributed by atoms with Crippen molar-refractivity contribution in [2.75, 3.05) is 11.9 Å². The second kappa shape index (κ2) is 6.75. The second-order valence-corrected chi connectivity index (χ2v) is 5.82. The molecule has 7 nitrogen and oxygen atoms in total. The predicted octanol–water partition coefficient (Wildman–Crippen LogP) is 3.32. The van der Waals surface area contributed by atoms with Crippen LogP contribution < -0.4 is 20.5 Å². The number of alkyl halides is 2. The van der Waals surface area contributed by atoms with E-state index in [1.54, 1.807) is 19.1 Å². The van der Waals surface area contributed by atoms with Crippen molar-refractivity contribution in [1.29, 1.82) is 0 Å². The Hall–Kier alpha value is -3.36. The van der Waals surface area contributed by atoms with Crippen LogP contribution in [0.3, 0.4) is 0 Å². The zero-order chi connectivity index (χ0) is 19.0. The van der Waals surface area contributed by atoms with Crippen LogP contribution in [0.4, 0.5) is 14.7 Å². The summed E-state index contributed by atoms with van der Waals surface area (Å²) in [5.41, 5.74) is 8.28. The summed E-state index contributed by atoms with van der Waals surface area (Å²) in [5, 5.41) is 2.95. The Bertz CT molecular complexity index is 1020. The van der Waals surface area contributed by atoms with E-state index in [-0.39, 0.29) is 17.5 Å². The molecule has 1 atom stereocenters. The number of halogens is 2. The summed E-state index contributed by atoms with van der Waals surface area (Å²) in [5.74, 6) is 0.957. The Balaban J connectivity index is 1.83. The molecular weight excluding hydrogens is 356 g/mol. The summed E-state index contributed by atoms with van der Waals surface area (Å²) < 4.78 is 37.2. The fourth-order valence-corrected chi connectivity index (χ4v) is 3.09. The zero-order valence-electron chi connectivity index (χ0n) is 14.4. The number of ether oxygens (including phenoxy) is 2. The maximum Gasteiger partial charge on any atom is 0.387 e. The number of nitrogens with two attached hydrogens (primary N) is 1. The standard InChI is InChI=1S/C18H17F2N5O2/c1-2-26-14-9-10(7-8-13(14)27-16(19)20)15-23-17(21)24-18-22-11-5-3-4-6-12(11)25(15)18/h3-9,15-16H,2H2,1H3,(H3,21,22,23,24)/t15-/m0/s1. The van der Waals surface area contributed by atoms with Gasteiger partial charge in [0.25, 0.3) is 0 Å². The molecule has 0 fully saturated rings. The molecule has 0 radical (unpaired) electrons. The molecule has 1 aromatic heterocycles. The molecule has 9 heteroatoms. The number of aromatic nitrogens is 2. The average molecular weight is 373 g/mol. The van der Waals surface area contributed by atoms with Gasteiger partial charge in [-0.3, -0.25) is 9.88 Å². The van der Waals surface area contributed by atoms with E-state index in [0.29, 0.717) is 18.1 Å². The lowest BCUT2D eigenvalue weighted by Crippen LogP contribution is -2.31. The molecule has 140 valence electrons. The monoisotopic (exact) mass is 373 g/mol. The Morgan fingerprint density at radius 3 is 2.81 bits per heavy atom. The molecule has 1 aliphatic heterocycles. The summed E-state index contributed by atoms with van der Waals surface area (Å²) in [6, 6.07) is 12.3. The number of hydrogen-bond donors (Lipinski definition) is 2. The first-order chi connectivity index (χ1) is 13.1. The van der Waals surface area contributed by atoms with E-state index < -0.39 is 12.8 Å². The Kier molecular flexibility index (Phi) is 4.27. The highest BCUT2D eigenvalue weighted by atomic mass is 19.3. The van der Waals surface area contributed by atoms with Crippen LogP contribution in [0, 0.1) is 0 Å². The van der Waals surface area contributed by atoms with Gasteiger partial charge in [0.1, 0.15) is 0 Å². The highest BCUT2D eigenvalue weighted by Gasteiger charge is 2.26. The van der Waals surface area contributed by atoms with Gasteiger partial charge in [0.15, 0.2) is 23.6 Å². The molecule has 27 heavy (non-hydrogen) atoms. The summed E-state index contributed by atoms with van der Waals surface area (Å²) in [4.78, 5) is 9.00. The van der Waals surface area contributed by atoms with Gasteiger partial charge >= 0.3 is 6.61 Å². The molecule has 2 heterocycles. The quantitative estimate of drug-likeness (QED) is 0.716. The Morgan fingerprint density at radius 2 is 2.04 bits per heavy atom. The van der Waals surface area contributed by atoms with E-state index in [4.69, 9.17) is 10.5 Å². The fraction of sp³-hybridized carbons (Fsp3) is 0.222. The van der Waals surface area contributed by atoms with Gasteiger partial charge in [0.2, 0.25) is 5.95 Å². The van der Waals surface area contributed by atoms with E-state index in [2.05, 4.69) is 20.0 Å². The van der Waals surface area contributed by atoms with Crippen LogP contribution in [0.2, 0.25) is 0 Å². The lowest BCUT2D eigenvalue weighted by molar-refractivity contribution is -0.0514. The molecule has 0 unspecified atom stereocenters. The predicted molar refractivity (Wildman–Crippen MR) is 97.4 cm³/mol. The zero-order valence-corrected chi connectivity index (χ0v) is 14.4. The first-order valence-electron chi connectivity index (χ1n) is 8.35. The van der Waals surface area contributed by atoms with Crippen molar-refractivity contribution in [3.8, 4) is 11.5 Å². The maximum absolute atomic E-state index is 12.6. The third kappa shape index (κ3) is 3.12. The number of rotatable bonds is 5. The topological polar surface area (TPSA) is 86.7 Å². The third-order valence-corrected chi connectivity index (χ3v) is 4.12. The van der Waals surface area contributed by atoms with Crippen molar-refractivity contribution in [3.63, 3.8) is 0 Å². The molecule has 1 aliphatic rings. The van der Waals surface area contributed by atoms with Crippen LogP contribution in [0.15, 0.2) is 47.5 Å². The largest absolute Gasteiger partial charge is 0.490 e. The second-order valence-electron chi connectivity index (χ2n) is 5.82. The summed E-state index contributed by atoms with van der Waals surface area (Å²) >= 11 is 0. The van der Waals surface area contributed by atoms with Crippen LogP contribution in [0.1, 0.15) is 18.7 Å². The number of nitrogens with zero attached hydrogens (tertiary/aromatic N) is 3. The van der Waals surface area contributed by atoms with Gasteiger partial charge < -0.3 is 15.2 Å². The lowest BCUT2D eigenvalue weighted by Gasteiger charge is -2.24. The van der Waals surface area contributed by atoms with E-state index in [9.17, 15) is 8.78 Å². The van der Waals surface area contributed by atoms with Gasteiger partial charge in [0, 0.05) is 5.56 Å². The Labute approximate surface area is 153 Å². The molecule has 3 aromatic rings. The van der Waals surface area contributed by atoms with Crippen molar-refractivity contribution in [1.82, 2.24) is 9.55 Å². The molecule has 0 spiro atoms. The van der Waals surface area contributed by atoms with Crippen LogP contribution in [0.5, 0.6) is 11.5 Å². The molecular formula is C18H17F2N5O2. The van der Waals surface area contributed by atoms with Crippen molar-refractivity contribution in [3.05, 3.63) is 48.0 Å². The number of imidazole rings is 1. The summed E-state index contributed by atoms with van der Waals surface area (Å²) in [6.45, 7) is -0.868. The molecule has 0 amide bonds. The number of fused-ring (bicyclic) bond motifs is 3. The molecule has 3 N–H and O–H groups in total. The number of aliphatic imine (C=N–C) groups is 1. The van der Waals surface area contributed by atoms with Crippen LogP contribution in [-0.4, -0.2) is 28.7 Å². The summed E-state index contributed by atoms with van der Waals surface area (Å²) in [6.07, 6.45) is -0.520. The SMILES string of the molecule is CCOc1cc([C@H]2N=C(N)Nc3nc4ccccc4n32)ccc1OC(F)F. The minimum absolute atomic E-state index is 0.0304. The molecule has 2 aromatic carbocycles. The molecule has 0 aliphatic carbocycles. The van der Waals surface area contributed by atoms with E-state index >= 15 is 0 Å². The van der Waals surface area contributed by atoms with Crippen molar-refractivity contribution < 1.29 is 18.3 Å². The van der Waals surface area contributed by atoms with Crippen molar-refractivity contribution >= 4 is 22.9 Å². The first-order valence-corrected chi connectivity index (χ1v) is 8.35. The highest BCUT2D eigenvalue weighted by Crippen LogP contribution is 2.37. The van der Waals surface area contributed by atoms with E-state index in [1.807, 2.05) is 28.8 Å². The van der Waals surface area contributed by atoms with Crippen molar-refractivity contribution in [2.45, 2.75) is 19.7 Å². The number of hydrogen-bond acceptors (Lipinski definition) is 6. The van der Waals surface area contributed by atoms with Crippen LogP contribution >= 0.6 is 0 Å². The Morgan fingerprint density at radius 1 is 1.22 bits per heavy atom. The van der Waals surface area contributed by atoms with Gasteiger partial charge in [-0.2, -0.15) is 8.78 Å². The third-order valence-electron chi connectivity index (χ3n) is 4.12. The van der Waals surface area contributed by atoms with Gasteiger partial charge in [0.05, 0.1) is 17.6 Å². The number of guanidine groups is 1. The minimum atomic E-state index is -2.94. The molecule has 0 saturated heterocycles. The maximum atomic E-state index is 12.6. The number of nitrogens with one attached hydrogen (secondary N) is 1. The van der Waals surface area contributed by atoms with Gasteiger partial charge in [-0.1, -0.05) is 18.2 Å². The van der Waals surface area contributed by atoms with Crippen LogP contribution in [-0.2, 0) is 0 Å². The lowest BCUT2D eigenvalue weighted by atomic mass is 10.1. The fourth-order valence-electron chi connectivity index (χ4n) is 3.09. The average Bonchev–Trinajstić information content (AvgIpc) is 3.00. The minimum Gasteiger partial charge on any atom is -0.490 e. The van der Waals surface area contributed by atoms with Gasteiger partial charge in [-0.25, -0.2) is 9.98 Å². The number of para-hydroxylation sites is 2. The molecule has 0 bridgehead atoms. The first kappa shape index (κ1) is 17.1. The smallest absolute Gasteiger partial charge is 0.387 e. The highest BCUT2D eigenvalue weighted by molar-refractivity contribution is 5.94. The molecule has 4 rings (SSSR count). The van der Waals surface area contributed by atoms with Gasteiger partial charge in [-0.15, -0.1) is 0 Å². The normalized spacial score (nSPS) is 16.0. The number of anilines is 1. The van der Waals surface area contributed by atoms with Crippen molar-refractivity contribution in [2.24, 2.45) is 10.7 Å². The number of benzene rings is 2. The van der Waals surface area contributed by atoms with Gasteiger partial charge in [-0.05, 0) is 31.2 Å². The van der Waals surface area contributed by atoms with E-state index in [1.165, 1.54) is 6.07 Å². The molecule has 0 saturated carbocycles. The van der Waals surface area contributed by atoms with Crippen LogP contribution in [0.25, 0.3) is 11.0 Å². The van der Waals surface area contributed by atoms with E-state index in [0.717, 1.165) is 11.0 Å². The summed E-state index contributed by atoms with van der Waals surface area (Å²) in [7, 11) is 0.